The molecule has 2 heterocycles. The maximum atomic E-state index is 12.0. The van der Waals surface area contributed by atoms with E-state index in [1.165, 1.54) is 18.3 Å². The third-order valence-corrected chi connectivity index (χ3v) is 3.62. The van der Waals surface area contributed by atoms with Crippen LogP contribution in [-0.4, -0.2) is 22.0 Å². The summed E-state index contributed by atoms with van der Waals surface area (Å²) in [6.07, 6.45) is 1.29. The lowest BCUT2D eigenvalue weighted by Gasteiger charge is -2.05. The van der Waals surface area contributed by atoms with Crippen molar-refractivity contribution in [2.75, 3.05) is 5.32 Å². The lowest BCUT2D eigenvalue weighted by Crippen LogP contribution is -2.15. The van der Waals surface area contributed by atoms with Crippen LogP contribution in [0.15, 0.2) is 23.7 Å². The maximum absolute atomic E-state index is 12.0. The zero-order valence-corrected chi connectivity index (χ0v) is 11.2. The molecule has 0 saturated heterocycles. The Morgan fingerprint density at radius 1 is 1.45 bits per heavy atom. The van der Waals surface area contributed by atoms with Crippen molar-refractivity contribution in [3.63, 3.8) is 0 Å². The smallest absolute Gasteiger partial charge is 0.348 e. The number of thiophene rings is 1. The Morgan fingerprint density at radius 3 is 2.75 bits per heavy atom. The first kappa shape index (κ1) is 13.7. The first-order chi connectivity index (χ1) is 9.52. The zero-order chi connectivity index (χ0) is 14.7. The van der Waals surface area contributed by atoms with E-state index in [2.05, 4.69) is 10.3 Å². The summed E-state index contributed by atoms with van der Waals surface area (Å²) < 4.78 is 0. The quantitative estimate of drug-likeness (QED) is 0.901. The maximum Gasteiger partial charge on any atom is 0.348 e. The molecule has 0 atom stereocenters. The van der Waals surface area contributed by atoms with Gasteiger partial charge in [0.15, 0.2) is 0 Å². The number of carbonyl (C=O) groups is 2. The van der Waals surface area contributed by atoms with Crippen LogP contribution in [0.3, 0.4) is 0 Å². The van der Waals surface area contributed by atoms with Gasteiger partial charge in [-0.2, -0.15) is 5.26 Å². The second kappa shape index (κ2) is 5.50. The molecule has 0 unspecified atom stereocenters. The topological polar surface area (TPSA) is 103 Å². The third kappa shape index (κ3) is 2.65. The van der Waals surface area contributed by atoms with E-state index in [-0.39, 0.29) is 16.3 Å². The molecule has 2 N–H and O–H groups in total. The number of rotatable bonds is 3. The summed E-state index contributed by atoms with van der Waals surface area (Å²) in [4.78, 5) is 27.0. The van der Waals surface area contributed by atoms with Crippen LogP contribution in [0, 0.1) is 18.3 Å². The first-order valence-electron chi connectivity index (χ1n) is 5.52. The van der Waals surface area contributed by atoms with Crippen LogP contribution in [0.25, 0.3) is 0 Å². The standard InChI is InChI=1S/C13H9N3O3S/c1-7-6-20-11(13(18)19)10(7)16-12(17)9-3-2-8(4-14)5-15-9/h2-3,5-6H,1H3,(H,16,17)(H,18,19). The number of hydrogen-bond donors (Lipinski definition) is 2. The molecule has 0 fully saturated rings. The van der Waals surface area contributed by atoms with Gasteiger partial charge in [0.25, 0.3) is 5.91 Å². The summed E-state index contributed by atoms with van der Waals surface area (Å²) >= 11 is 1.05. The Balaban J connectivity index is 2.25. The van der Waals surface area contributed by atoms with Crippen LogP contribution >= 0.6 is 11.3 Å². The molecule has 0 aliphatic carbocycles. The van der Waals surface area contributed by atoms with E-state index in [0.29, 0.717) is 11.1 Å². The van der Waals surface area contributed by atoms with Crippen molar-refractivity contribution in [1.29, 1.82) is 5.26 Å². The molecule has 0 aromatic carbocycles. The molecule has 2 aromatic rings. The summed E-state index contributed by atoms with van der Waals surface area (Å²) in [5.74, 6) is -1.61. The fourth-order valence-electron chi connectivity index (χ4n) is 1.53. The van der Waals surface area contributed by atoms with Crippen molar-refractivity contribution >= 4 is 28.9 Å². The number of carboxylic acids is 1. The predicted octanol–water partition coefficient (Wildman–Crippen LogP) is 2.27. The monoisotopic (exact) mass is 287 g/mol. The van der Waals surface area contributed by atoms with Gasteiger partial charge in [-0.1, -0.05) is 0 Å². The molecule has 0 saturated carbocycles. The molecule has 1 amide bonds. The third-order valence-electron chi connectivity index (χ3n) is 2.53. The van der Waals surface area contributed by atoms with Crippen molar-refractivity contribution in [3.05, 3.63) is 45.4 Å². The summed E-state index contributed by atoms with van der Waals surface area (Å²) in [6.45, 7) is 1.71. The van der Waals surface area contributed by atoms with Gasteiger partial charge in [0, 0.05) is 6.20 Å². The Bertz CT molecular complexity index is 713. The Kier molecular flexibility index (Phi) is 3.77. The lowest BCUT2D eigenvalue weighted by atomic mass is 10.2. The number of hydrogen-bond acceptors (Lipinski definition) is 5. The molecule has 6 nitrogen and oxygen atoms in total. The van der Waals surface area contributed by atoms with Gasteiger partial charge in [-0.3, -0.25) is 4.79 Å². The number of carboxylic acid groups (broad SMARTS) is 1. The van der Waals surface area contributed by atoms with Gasteiger partial charge < -0.3 is 10.4 Å². The molecule has 20 heavy (non-hydrogen) atoms. The van der Waals surface area contributed by atoms with Crippen LogP contribution in [0.2, 0.25) is 0 Å². The van der Waals surface area contributed by atoms with Gasteiger partial charge in [-0.15, -0.1) is 11.3 Å². The summed E-state index contributed by atoms with van der Waals surface area (Å²) in [6, 6.07) is 4.79. The van der Waals surface area contributed by atoms with Crippen molar-refractivity contribution in [3.8, 4) is 6.07 Å². The summed E-state index contributed by atoms with van der Waals surface area (Å²) in [5.41, 5.74) is 1.42. The van der Waals surface area contributed by atoms with Crippen LogP contribution in [0.4, 0.5) is 5.69 Å². The van der Waals surface area contributed by atoms with Crippen molar-refractivity contribution in [2.45, 2.75) is 6.92 Å². The van der Waals surface area contributed by atoms with Crippen LogP contribution < -0.4 is 5.32 Å². The van der Waals surface area contributed by atoms with E-state index in [1.807, 2.05) is 6.07 Å². The van der Waals surface area contributed by atoms with Crippen molar-refractivity contribution < 1.29 is 14.7 Å². The molecule has 100 valence electrons. The normalized spacial score (nSPS) is 9.80. The number of nitrogens with one attached hydrogen (secondary N) is 1. The second-order valence-corrected chi connectivity index (χ2v) is 4.81. The van der Waals surface area contributed by atoms with Gasteiger partial charge >= 0.3 is 5.97 Å². The highest BCUT2D eigenvalue weighted by atomic mass is 32.1. The number of aromatic nitrogens is 1. The van der Waals surface area contributed by atoms with Gasteiger partial charge in [0.05, 0.1) is 11.3 Å². The second-order valence-electron chi connectivity index (χ2n) is 3.93. The number of nitriles is 1. The van der Waals surface area contributed by atoms with Gasteiger partial charge in [-0.25, -0.2) is 9.78 Å². The van der Waals surface area contributed by atoms with Gasteiger partial charge in [0.1, 0.15) is 16.6 Å². The highest BCUT2D eigenvalue weighted by molar-refractivity contribution is 7.12. The number of aromatic carboxylic acids is 1. The van der Waals surface area contributed by atoms with Crippen LogP contribution in [-0.2, 0) is 0 Å². The van der Waals surface area contributed by atoms with E-state index >= 15 is 0 Å². The molecule has 7 heteroatoms. The molecule has 0 radical (unpaired) electrons. The van der Waals surface area contributed by atoms with E-state index in [1.54, 1.807) is 12.3 Å². The van der Waals surface area contributed by atoms with E-state index < -0.39 is 11.9 Å². The number of anilines is 1. The Hall–Kier alpha value is -2.72. The number of pyridine rings is 1. The molecule has 0 aliphatic heterocycles. The highest BCUT2D eigenvalue weighted by Crippen LogP contribution is 2.27. The molecule has 0 bridgehead atoms. The minimum atomic E-state index is -1.09. The minimum Gasteiger partial charge on any atom is -0.477 e. The predicted molar refractivity (Wildman–Crippen MR) is 72.9 cm³/mol. The van der Waals surface area contributed by atoms with Gasteiger partial charge in [-0.05, 0) is 30.0 Å². The van der Waals surface area contributed by atoms with E-state index in [9.17, 15) is 9.59 Å². The largest absolute Gasteiger partial charge is 0.477 e. The molecule has 2 aromatic heterocycles. The summed E-state index contributed by atoms with van der Waals surface area (Å²) in [7, 11) is 0. The SMILES string of the molecule is Cc1csc(C(=O)O)c1NC(=O)c1ccc(C#N)cn1. The average Bonchev–Trinajstić information content (AvgIpc) is 2.80. The number of nitrogens with zero attached hydrogens (tertiary/aromatic N) is 2. The van der Waals surface area contributed by atoms with Crippen LogP contribution in [0.1, 0.15) is 31.3 Å². The zero-order valence-electron chi connectivity index (χ0n) is 10.4. The van der Waals surface area contributed by atoms with E-state index in [0.717, 1.165) is 11.3 Å². The number of amides is 1. The average molecular weight is 287 g/mol. The Labute approximate surface area is 118 Å². The molecular formula is C13H9N3O3S. The highest BCUT2D eigenvalue weighted by Gasteiger charge is 2.18. The number of aryl methyl sites for hydroxylation is 1. The lowest BCUT2D eigenvalue weighted by molar-refractivity contribution is 0.0703. The van der Waals surface area contributed by atoms with Gasteiger partial charge in [0.2, 0.25) is 0 Å². The van der Waals surface area contributed by atoms with Crippen molar-refractivity contribution in [2.24, 2.45) is 0 Å². The van der Waals surface area contributed by atoms with Crippen molar-refractivity contribution in [1.82, 2.24) is 4.98 Å². The molecule has 0 aliphatic rings. The number of carbonyl (C=O) groups excluding carboxylic acids is 1. The summed E-state index contributed by atoms with van der Waals surface area (Å²) in [5, 5.41) is 21.9. The minimum absolute atomic E-state index is 0.0736. The first-order valence-corrected chi connectivity index (χ1v) is 6.39. The van der Waals surface area contributed by atoms with Crippen LogP contribution in [0.5, 0.6) is 0 Å². The molecular weight excluding hydrogens is 278 g/mol. The molecule has 0 spiro atoms. The molecule has 2 rings (SSSR count). The fourth-order valence-corrected chi connectivity index (χ4v) is 2.37. The van der Waals surface area contributed by atoms with E-state index in [4.69, 9.17) is 10.4 Å². The Morgan fingerprint density at radius 2 is 2.20 bits per heavy atom. The fraction of sp³-hybridized carbons (Fsp3) is 0.0769.